The molecular weight excluding hydrogens is 244 g/mol. The van der Waals surface area contributed by atoms with Crippen molar-refractivity contribution in [2.24, 2.45) is 11.8 Å². The van der Waals surface area contributed by atoms with Gasteiger partial charge in [0.1, 0.15) is 0 Å². The Morgan fingerprint density at radius 2 is 2.23 bits per heavy atom. The van der Waals surface area contributed by atoms with Crippen LogP contribution >= 0.6 is 27.3 Å². The summed E-state index contributed by atoms with van der Waals surface area (Å²) in [4.78, 5) is 0. The van der Waals surface area contributed by atoms with E-state index in [0.29, 0.717) is 0 Å². The molecular formula is C11H17BrS. The van der Waals surface area contributed by atoms with E-state index in [1.165, 1.54) is 18.4 Å². The number of aryl methyl sites for hydroxylation is 1. The fraction of sp³-hybridized carbons (Fsp3) is 0.636. The van der Waals surface area contributed by atoms with Crippen LogP contribution in [0.15, 0.2) is 16.8 Å². The van der Waals surface area contributed by atoms with Gasteiger partial charge in [0.05, 0.1) is 0 Å². The lowest BCUT2D eigenvalue weighted by Crippen LogP contribution is -2.11. The highest BCUT2D eigenvalue weighted by molar-refractivity contribution is 9.09. The molecule has 0 aliphatic rings. The van der Waals surface area contributed by atoms with E-state index in [-0.39, 0.29) is 0 Å². The smallest absolute Gasteiger partial charge is 0.00622 e. The van der Waals surface area contributed by atoms with Gasteiger partial charge in [-0.3, -0.25) is 0 Å². The molecule has 13 heavy (non-hydrogen) atoms. The summed E-state index contributed by atoms with van der Waals surface area (Å²) >= 11 is 5.38. The molecule has 2 heteroatoms. The lowest BCUT2D eigenvalue weighted by Gasteiger charge is -2.17. The summed E-state index contributed by atoms with van der Waals surface area (Å²) in [6.45, 7) is 4.61. The highest BCUT2D eigenvalue weighted by Gasteiger charge is 2.11. The third-order valence-corrected chi connectivity index (χ3v) is 4.09. The van der Waals surface area contributed by atoms with Gasteiger partial charge in [-0.15, -0.1) is 0 Å². The summed E-state index contributed by atoms with van der Waals surface area (Å²) < 4.78 is 0. The summed E-state index contributed by atoms with van der Waals surface area (Å²) in [7, 11) is 0. The van der Waals surface area contributed by atoms with E-state index < -0.39 is 0 Å². The zero-order valence-electron chi connectivity index (χ0n) is 8.29. The van der Waals surface area contributed by atoms with E-state index in [2.05, 4.69) is 46.6 Å². The van der Waals surface area contributed by atoms with Crippen molar-refractivity contribution in [2.75, 3.05) is 5.33 Å². The molecule has 1 rings (SSSR count). The Bertz CT molecular complexity index is 216. The maximum Gasteiger partial charge on any atom is 0.00622 e. The molecule has 0 amide bonds. The minimum Gasteiger partial charge on any atom is -0.152 e. The fourth-order valence-electron chi connectivity index (χ4n) is 1.38. The van der Waals surface area contributed by atoms with Crippen LogP contribution in [0.2, 0.25) is 0 Å². The Hall–Kier alpha value is 0.180. The monoisotopic (exact) mass is 260 g/mol. The zero-order chi connectivity index (χ0) is 9.68. The molecule has 74 valence electrons. The van der Waals surface area contributed by atoms with Crippen LogP contribution in [0.3, 0.4) is 0 Å². The number of alkyl halides is 1. The van der Waals surface area contributed by atoms with Crippen molar-refractivity contribution in [1.29, 1.82) is 0 Å². The summed E-state index contributed by atoms with van der Waals surface area (Å²) in [6.07, 6.45) is 2.54. The molecule has 0 nitrogen and oxygen atoms in total. The molecule has 0 aromatic carbocycles. The summed E-state index contributed by atoms with van der Waals surface area (Å²) in [5, 5.41) is 5.55. The second-order valence-electron chi connectivity index (χ2n) is 3.83. The maximum absolute atomic E-state index is 3.58. The highest BCUT2D eigenvalue weighted by Crippen LogP contribution is 2.20. The summed E-state index contributed by atoms with van der Waals surface area (Å²) in [5.41, 5.74) is 1.50. The lowest BCUT2D eigenvalue weighted by molar-refractivity contribution is 0.402. The molecule has 0 N–H and O–H groups in total. The molecule has 0 aliphatic heterocycles. The zero-order valence-corrected chi connectivity index (χ0v) is 10.7. The van der Waals surface area contributed by atoms with E-state index in [1.54, 1.807) is 11.3 Å². The number of rotatable bonds is 5. The van der Waals surface area contributed by atoms with Crippen molar-refractivity contribution >= 4 is 27.3 Å². The molecule has 0 saturated carbocycles. The Labute approximate surface area is 93.5 Å². The Morgan fingerprint density at radius 1 is 1.46 bits per heavy atom. The predicted octanol–water partition coefficient (Wildman–Crippen LogP) is 4.35. The molecule has 0 spiro atoms. The van der Waals surface area contributed by atoms with Crippen molar-refractivity contribution in [3.8, 4) is 0 Å². The number of hydrogen-bond acceptors (Lipinski definition) is 1. The van der Waals surface area contributed by atoms with E-state index in [9.17, 15) is 0 Å². The van der Waals surface area contributed by atoms with Crippen LogP contribution in [-0.4, -0.2) is 5.33 Å². The largest absolute Gasteiger partial charge is 0.152 e. The maximum atomic E-state index is 3.58. The molecule has 1 aromatic heterocycles. The molecule has 0 fully saturated rings. The number of hydrogen-bond donors (Lipinski definition) is 0. The molecule has 0 aliphatic carbocycles. The molecule has 1 atom stereocenters. The van der Waals surface area contributed by atoms with Gasteiger partial charge in [0, 0.05) is 5.33 Å². The molecule has 1 heterocycles. The third kappa shape index (κ3) is 3.82. The van der Waals surface area contributed by atoms with Gasteiger partial charge in [0.15, 0.2) is 0 Å². The standard InChI is InChI=1S/C11H17BrS/c1-9(2)11(7-12)4-3-10-5-6-13-8-10/h5-6,8-9,11H,3-4,7H2,1-2H3. The molecule has 1 aromatic rings. The van der Waals surface area contributed by atoms with Crippen molar-refractivity contribution in [3.05, 3.63) is 22.4 Å². The first-order valence-corrected chi connectivity index (χ1v) is 6.87. The van der Waals surface area contributed by atoms with Gasteiger partial charge < -0.3 is 0 Å². The quantitative estimate of drug-likeness (QED) is 0.691. The van der Waals surface area contributed by atoms with Crippen molar-refractivity contribution in [1.82, 2.24) is 0 Å². The van der Waals surface area contributed by atoms with Gasteiger partial charge in [0.25, 0.3) is 0 Å². The van der Waals surface area contributed by atoms with E-state index >= 15 is 0 Å². The first-order valence-electron chi connectivity index (χ1n) is 4.81. The first-order chi connectivity index (χ1) is 6.24. The van der Waals surface area contributed by atoms with Gasteiger partial charge >= 0.3 is 0 Å². The van der Waals surface area contributed by atoms with Gasteiger partial charge in [0.2, 0.25) is 0 Å². The minimum absolute atomic E-state index is 0.790. The predicted molar refractivity (Wildman–Crippen MR) is 64.8 cm³/mol. The van der Waals surface area contributed by atoms with Gasteiger partial charge in [-0.25, -0.2) is 0 Å². The molecule has 0 bridgehead atoms. The summed E-state index contributed by atoms with van der Waals surface area (Å²) in [6, 6.07) is 2.23. The fourth-order valence-corrected chi connectivity index (χ4v) is 3.15. The first kappa shape index (κ1) is 11.3. The van der Waals surface area contributed by atoms with Crippen LogP contribution in [0.4, 0.5) is 0 Å². The van der Waals surface area contributed by atoms with E-state index in [4.69, 9.17) is 0 Å². The average molecular weight is 261 g/mol. The van der Waals surface area contributed by atoms with Crippen LogP contribution < -0.4 is 0 Å². The minimum atomic E-state index is 0.790. The second-order valence-corrected chi connectivity index (χ2v) is 5.26. The highest BCUT2D eigenvalue weighted by atomic mass is 79.9. The molecule has 0 radical (unpaired) electrons. The Balaban J connectivity index is 2.32. The molecule has 0 saturated heterocycles. The Morgan fingerprint density at radius 3 is 2.69 bits per heavy atom. The second kappa shape index (κ2) is 5.82. The molecule has 1 unspecified atom stereocenters. The SMILES string of the molecule is CC(C)C(CBr)CCc1ccsc1. The van der Waals surface area contributed by atoms with Gasteiger partial charge in [-0.2, -0.15) is 11.3 Å². The topological polar surface area (TPSA) is 0 Å². The summed E-state index contributed by atoms with van der Waals surface area (Å²) in [5.74, 6) is 1.61. The van der Waals surface area contributed by atoms with Crippen LogP contribution in [0.25, 0.3) is 0 Å². The van der Waals surface area contributed by atoms with E-state index in [1.807, 2.05) is 0 Å². The average Bonchev–Trinajstić information content (AvgIpc) is 2.57. The normalized spacial score (nSPS) is 13.5. The number of thiophene rings is 1. The lowest BCUT2D eigenvalue weighted by atomic mass is 9.92. The van der Waals surface area contributed by atoms with Crippen LogP contribution in [-0.2, 0) is 6.42 Å². The van der Waals surface area contributed by atoms with Crippen molar-refractivity contribution in [2.45, 2.75) is 26.7 Å². The van der Waals surface area contributed by atoms with Crippen LogP contribution in [0, 0.1) is 11.8 Å². The van der Waals surface area contributed by atoms with Crippen LogP contribution in [0.5, 0.6) is 0 Å². The van der Waals surface area contributed by atoms with E-state index in [0.717, 1.165) is 17.2 Å². The number of halogens is 1. The van der Waals surface area contributed by atoms with Crippen molar-refractivity contribution in [3.63, 3.8) is 0 Å². The van der Waals surface area contributed by atoms with Crippen molar-refractivity contribution < 1.29 is 0 Å². The third-order valence-electron chi connectivity index (χ3n) is 2.52. The Kier molecular flexibility index (Phi) is 5.04. The van der Waals surface area contributed by atoms with Gasteiger partial charge in [-0.05, 0) is 47.1 Å². The van der Waals surface area contributed by atoms with Crippen LogP contribution in [0.1, 0.15) is 25.8 Å². The van der Waals surface area contributed by atoms with Gasteiger partial charge in [-0.1, -0.05) is 29.8 Å².